The maximum absolute atomic E-state index is 9.95. The SMILES string of the molecule is CC(C)c1cc(O)cc(C(C)C)c1-c1cc(=S)ss1. The Labute approximate surface area is 127 Å². The Bertz CT molecular complexity index is 606. The van der Waals surface area contributed by atoms with Gasteiger partial charge in [-0.15, -0.1) is 0 Å². The summed E-state index contributed by atoms with van der Waals surface area (Å²) in [5.41, 5.74) is 3.67. The predicted octanol–water partition coefficient (Wildman–Crippen LogP) is 6.16. The fraction of sp³-hybridized carbons (Fsp3) is 0.400. The highest BCUT2D eigenvalue weighted by molar-refractivity contribution is 7.80. The first-order valence-corrected chi connectivity index (χ1v) is 8.93. The number of rotatable bonds is 3. The van der Waals surface area contributed by atoms with E-state index < -0.39 is 0 Å². The molecular weight excluding hydrogens is 292 g/mol. The molecule has 19 heavy (non-hydrogen) atoms. The molecule has 4 heteroatoms. The van der Waals surface area contributed by atoms with Crippen molar-refractivity contribution in [3.8, 4) is 16.2 Å². The summed E-state index contributed by atoms with van der Waals surface area (Å²) in [5.74, 6) is 1.11. The van der Waals surface area contributed by atoms with E-state index in [2.05, 4.69) is 33.8 Å². The number of hydrogen-bond donors (Lipinski definition) is 1. The van der Waals surface area contributed by atoms with Crippen molar-refractivity contribution >= 4 is 32.9 Å². The summed E-state index contributed by atoms with van der Waals surface area (Å²) in [6.07, 6.45) is 0. The average Bonchev–Trinajstić information content (AvgIpc) is 2.74. The van der Waals surface area contributed by atoms with E-state index in [-0.39, 0.29) is 0 Å². The maximum Gasteiger partial charge on any atom is 0.116 e. The maximum atomic E-state index is 9.95. The third kappa shape index (κ3) is 3.07. The smallest absolute Gasteiger partial charge is 0.116 e. The summed E-state index contributed by atoms with van der Waals surface area (Å²) in [4.78, 5) is 1.22. The molecule has 1 aromatic carbocycles. The second-order valence-electron chi connectivity index (χ2n) is 5.30. The molecule has 102 valence electrons. The molecule has 0 aliphatic rings. The molecule has 0 spiro atoms. The van der Waals surface area contributed by atoms with Gasteiger partial charge in [0.2, 0.25) is 0 Å². The van der Waals surface area contributed by atoms with Crippen LogP contribution in [0.25, 0.3) is 10.4 Å². The Kier molecular flexibility index (Phi) is 4.43. The third-order valence-electron chi connectivity index (χ3n) is 3.14. The third-order valence-corrected chi connectivity index (χ3v) is 6.02. The van der Waals surface area contributed by atoms with E-state index in [1.54, 1.807) is 20.7 Å². The quantitative estimate of drug-likeness (QED) is 0.541. The Morgan fingerprint density at radius 2 is 1.47 bits per heavy atom. The van der Waals surface area contributed by atoms with E-state index >= 15 is 0 Å². The molecule has 0 unspecified atom stereocenters. The molecule has 1 nitrogen and oxygen atoms in total. The van der Waals surface area contributed by atoms with Crippen LogP contribution in [-0.2, 0) is 0 Å². The lowest BCUT2D eigenvalue weighted by atomic mass is 9.87. The van der Waals surface area contributed by atoms with Gasteiger partial charge in [0.15, 0.2) is 0 Å². The van der Waals surface area contributed by atoms with Crippen LogP contribution in [0.2, 0.25) is 0 Å². The summed E-state index contributed by atoms with van der Waals surface area (Å²) in [5, 5.41) is 9.95. The molecule has 0 aliphatic heterocycles. The lowest BCUT2D eigenvalue weighted by Crippen LogP contribution is -1.99. The first-order valence-electron chi connectivity index (χ1n) is 6.37. The summed E-state index contributed by atoms with van der Waals surface area (Å²) < 4.78 is 0.928. The van der Waals surface area contributed by atoms with E-state index in [0.29, 0.717) is 17.6 Å². The van der Waals surface area contributed by atoms with Crippen LogP contribution >= 0.6 is 32.9 Å². The normalized spacial score (nSPS) is 11.5. The molecule has 0 saturated heterocycles. The lowest BCUT2D eigenvalue weighted by Gasteiger charge is -2.19. The van der Waals surface area contributed by atoms with Gasteiger partial charge in [0, 0.05) is 4.88 Å². The topological polar surface area (TPSA) is 20.2 Å². The van der Waals surface area contributed by atoms with Crippen molar-refractivity contribution < 1.29 is 5.11 Å². The van der Waals surface area contributed by atoms with Gasteiger partial charge in [0.05, 0.1) is 0 Å². The monoisotopic (exact) mass is 310 g/mol. The van der Waals surface area contributed by atoms with Gasteiger partial charge in [-0.05, 0) is 46.7 Å². The predicted molar refractivity (Wildman–Crippen MR) is 88.3 cm³/mol. The molecule has 0 bridgehead atoms. The summed E-state index contributed by atoms with van der Waals surface area (Å²) in [6.45, 7) is 8.64. The molecule has 2 aromatic rings. The molecule has 2 rings (SSSR count). The first-order chi connectivity index (χ1) is 8.90. The molecule has 0 radical (unpaired) electrons. The molecular formula is C15H18OS3. The van der Waals surface area contributed by atoms with Crippen molar-refractivity contribution in [3.63, 3.8) is 0 Å². The van der Waals surface area contributed by atoms with Crippen LogP contribution in [0.15, 0.2) is 18.2 Å². The van der Waals surface area contributed by atoms with Crippen LogP contribution in [0.3, 0.4) is 0 Å². The molecule has 0 fully saturated rings. The minimum atomic E-state index is 0.356. The minimum Gasteiger partial charge on any atom is -0.508 e. The zero-order valence-electron chi connectivity index (χ0n) is 11.6. The zero-order valence-corrected chi connectivity index (χ0v) is 14.0. The standard InChI is InChI=1S/C15H18OS3/c1-8(2)11-5-10(16)6-12(9(3)4)15(11)13-7-14(17)19-18-13/h5-9,16H,1-4H3. The van der Waals surface area contributed by atoms with Gasteiger partial charge >= 0.3 is 0 Å². The highest BCUT2D eigenvalue weighted by Gasteiger charge is 2.18. The van der Waals surface area contributed by atoms with E-state index in [1.807, 2.05) is 12.1 Å². The Balaban J connectivity index is 2.77. The fourth-order valence-corrected chi connectivity index (χ4v) is 4.67. The summed E-state index contributed by atoms with van der Waals surface area (Å²) in [7, 11) is 3.37. The molecule has 0 aliphatic carbocycles. The van der Waals surface area contributed by atoms with Crippen LogP contribution in [-0.4, -0.2) is 5.11 Å². The van der Waals surface area contributed by atoms with Crippen molar-refractivity contribution in [1.29, 1.82) is 0 Å². The van der Waals surface area contributed by atoms with Gasteiger partial charge in [0.1, 0.15) is 9.57 Å². The Hall–Kier alpha value is -0.710. The highest BCUT2D eigenvalue weighted by Crippen LogP contribution is 2.41. The summed E-state index contributed by atoms with van der Waals surface area (Å²) in [6, 6.07) is 5.85. The lowest BCUT2D eigenvalue weighted by molar-refractivity contribution is 0.473. The van der Waals surface area contributed by atoms with E-state index in [0.717, 1.165) is 3.82 Å². The van der Waals surface area contributed by atoms with Gasteiger partial charge in [-0.2, -0.15) is 0 Å². The van der Waals surface area contributed by atoms with Crippen LogP contribution in [0.5, 0.6) is 5.75 Å². The number of phenols is 1. The van der Waals surface area contributed by atoms with Crippen molar-refractivity contribution in [3.05, 3.63) is 33.1 Å². The van der Waals surface area contributed by atoms with Crippen LogP contribution < -0.4 is 0 Å². The number of aromatic hydroxyl groups is 1. The van der Waals surface area contributed by atoms with E-state index in [1.165, 1.54) is 21.6 Å². The van der Waals surface area contributed by atoms with Crippen LogP contribution in [0.4, 0.5) is 0 Å². The van der Waals surface area contributed by atoms with Gasteiger partial charge in [-0.25, -0.2) is 0 Å². The Morgan fingerprint density at radius 1 is 0.947 bits per heavy atom. The second-order valence-corrected chi connectivity index (χ2v) is 8.21. The molecule has 0 saturated carbocycles. The van der Waals surface area contributed by atoms with Crippen molar-refractivity contribution in [2.45, 2.75) is 39.5 Å². The fourth-order valence-electron chi connectivity index (χ4n) is 2.22. The van der Waals surface area contributed by atoms with Gasteiger partial charge in [-0.3, -0.25) is 0 Å². The van der Waals surface area contributed by atoms with Crippen molar-refractivity contribution in [2.75, 3.05) is 0 Å². The molecule has 0 amide bonds. The van der Waals surface area contributed by atoms with Gasteiger partial charge < -0.3 is 5.11 Å². The minimum absolute atomic E-state index is 0.356. The second kappa shape index (κ2) is 5.73. The Morgan fingerprint density at radius 3 is 1.84 bits per heavy atom. The number of phenolic OH excluding ortho intramolecular Hbond substituents is 1. The van der Waals surface area contributed by atoms with Crippen molar-refractivity contribution in [2.24, 2.45) is 0 Å². The highest BCUT2D eigenvalue weighted by atomic mass is 32.9. The van der Waals surface area contributed by atoms with Gasteiger partial charge in [0.25, 0.3) is 0 Å². The number of hydrogen-bond acceptors (Lipinski definition) is 4. The van der Waals surface area contributed by atoms with E-state index in [4.69, 9.17) is 12.2 Å². The largest absolute Gasteiger partial charge is 0.508 e. The average molecular weight is 311 g/mol. The number of benzene rings is 1. The zero-order chi connectivity index (χ0) is 14.2. The van der Waals surface area contributed by atoms with Crippen LogP contribution in [0, 0.1) is 3.82 Å². The summed E-state index contributed by atoms with van der Waals surface area (Å²) >= 11 is 5.26. The molecule has 1 heterocycles. The van der Waals surface area contributed by atoms with Gasteiger partial charge in [-0.1, -0.05) is 60.6 Å². The molecule has 0 atom stereocenters. The van der Waals surface area contributed by atoms with Crippen LogP contribution in [0.1, 0.15) is 50.7 Å². The molecule has 1 aromatic heterocycles. The first kappa shape index (κ1) is 14.7. The van der Waals surface area contributed by atoms with E-state index in [9.17, 15) is 5.11 Å². The van der Waals surface area contributed by atoms with Crippen molar-refractivity contribution in [1.82, 2.24) is 0 Å². The molecule has 1 N–H and O–H groups in total.